The normalized spacial score (nSPS) is 10.7. The second-order valence-corrected chi connectivity index (χ2v) is 9.65. The molecule has 0 amide bonds. The molecule has 0 spiro atoms. The van der Waals surface area contributed by atoms with E-state index >= 15 is 0 Å². The molecular formula is C32H29ClN6O. The molecule has 0 aliphatic carbocycles. The maximum absolute atomic E-state index is 12.7. The smallest absolute Gasteiger partial charge is 0.227 e. The SMILES string of the molecule is Cc1c(-c2ccnc(Nc3cccc(Cl)c3)n2)ccnc1NCCCNc1cccc(C(=O)c2ccccc2)c1. The van der Waals surface area contributed by atoms with E-state index in [1.54, 1.807) is 12.4 Å². The van der Waals surface area contributed by atoms with E-state index in [2.05, 4.69) is 25.9 Å². The summed E-state index contributed by atoms with van der Waals surface area (Å²) in [5.41, 5.74) is 5.88. The van der Waals surface area contributed by atoms with Gasteiger partial charge >= 0.3 is 0 Å². The third-order valence-electron chi connectivity index (χ3n) is 6.35. The van der Waals surface area contributed by atoms with Gasteiger partial charge in [0, 0.05) is 64.1 Å². The molecule has 3 aromatic carbocycles. The zero-order valence-electron chi connectivity index (χ0n) is 22.1. The average molecular weight is 549 g/mol. The number of carbonyl (C=O) groups excluding carboxylic acids is 1. The van der Waals surface area contributed by atoms with Crippen LogP contribution in [-0.4, -0.2) is 33.8 Å². The van der Waals surface area contributed by atoms with Crippen molar-refractivity contribution in [2.75, 3.05) is 29.0 Å². The van der Waals surface area contributed by atoms with Gasteiger partial charge < -0.3 is 16.0 Å². The van der Waals surface area contributed by atoms with Crippen LogP contribution in [0.2, 0.25) is 5.02 Å². The molecule has 0 bridgehead atoms. The molecule has 2 aromatic heterocycles. The fourth-order valence-electron chi connectivity index (χ4n) is 4.31. The lowest BCUT2D eigenvalue weighted by Gasteiger charge is -2.13. The van der Waals surface area contributed by atoms with Crippen molar-refractivity contribution in [3.05, 3.63) is 125 Å². The summed E-state index contributed by atoms with van der Waals surface area (Å²) in [6, 6.07) is 28.2. The van der Waals surface area contributed by atoms with Gasteiger partial charge in [-0.15, -0.1) is 0 Å². The number of aromatic nitrogens is 3. The summed E-state index contributed by atoms with van der Waals surface area (Å²) >= 11 is 6.10. The lowest BCUT2D eigenvalue weighted by molar-refractivity contribution is 0.103. The van der Waals surface area contributed by atoms with Crippen molar-refractivity contribution in [3.8, 4) is 11.3 Å². The van der Waals surface area contributed by atoms with E-state index in [4.69, 9.17) is 16.6 Å². The van der Waals surface area contributed by atoms with E-state index in [1.807, 2.05) is 97.9 Å². The third-order valence-corrected chi connectivity index (χ3v) is 6.59. The number of rotatable bonds is 11. The summed E-state index contributed by atoms with van der Waals surface area (Å²) in [6.45, 7) is 3.52. The Kier molecular flexibility index (Phi) is 8.63. The number of carbonyl (C=O) groups is 1. The third kappa shape index (κ3) is 6.81. The van der Waals surface area contributed by atoms with Crippen molar-refractivity contribution >= 4 is 40.5 Å². The van der Waals surface area contributed by atoms with E-state index in [1.165, 1.54) is 0 Å². The van der Waals surface area contributed by atoms with Crippen LogP contribution in [-0.2, 0) is 0 Å². The van der Waals surface area contributed by atoms with Crippen LogP contribution in [0.1, 0.15) is 27.9 Å². The molecule has 5 aromatic rings. The van der Waals surface area contributed by atoms with Crippen LogP contribution in [0.25, 0.3) is 11.3 Å². The molecule has 0 aliphatic heterocycles. The highest BCUT2D eigenvalue weighted by Gasteiger charge is 2.11. The molecule has 40 heavy (non-hydrogen) atoms. The Labute approximate surface area is 238 Å². The Hall–Kier alpha value is -4.75. The number of halogens is 1. The molecule has 0 unspecified atom stereocenters. The monoisotopic (exact) mass is 548 g/mol. The number of ketones is 1. The first-order chi connectivity index (χ1) is 19.6. The second kappa shape index (κ2) is 12.9. The van der Waals surface area contributed by atoms with Crippen molar-refractivity contribution in [2.24, 2.45) is 0 Å². The summed E-state index contributed by atoms with van der Waals surface area (Å²) in [5.74, 6) is 1.32. The molecule has 0 atom stereocenters. The Bertz CT molecular complexity index is 1610. The minimum absolute atomic E-state index is 0.0170. The first-order valence-electron chi connectivity index (χ1n) is 13.1. The van der Waals surface area contributed by atoms with Crippen LogP contribution in [0.15, 0.2) is 103 Å². The van der Waals surface area contributed by atoms with Gasteiger partial charge in [0.1, 0.15) is 5.82 Å². The molecule has 0 saturated carbocycles. The van der Waals surface area contributed by atoms with Gasteiger partial charge in [0.05, 0.1) is 5.69 Å². The molecule has 0 saturated heterocycles. The van der Waals surface area contributed by atoms with E-state index in [9.17, 15) is 4.79 Å². The van der Waals surface area contributed by atoms with Gasteiger partial charge in [0.2, 0.25) is 5.95 Å². The molecule has 2 heterocycles. The van der Waals surface area contributed by atoms with Gasteiger partial charge in [0.25, 0.3) is 0 Å². The van der Waals surface area contributed by atoms with Gasteiger partial charge in [-0.25, -0.2) is 15.0 Å². The van der Waals surface area contributed by atoms with Crippen LogP contribution >= 0.6 is 11.6 Å². The van der Waals surface area contributed by atoms with Crippen molar-refractivity contribution in [3.63, 3.8) is 0 Å². The van der Waals surface area contributed by atoms with E-state index in [0.717, 1.165) is 53.5 Å². The zero-order valence-corrected chi connectivity index (χ0v) is 22.8. The van der Waals surface area contributed by atoms with Gasteiger partial charge in [-0.1, -0.05) is 60.1 Å². The van der Waals surface area contributed by atoms with E-state index in [-0.39, 0.29) is 5.78 Å². The topological polar surface area (TPSA) is 91.8 Å². The molecule has 0 aliphatic rings. The number of hydrogen-bond acceptors (Lipinski definition) is 7. The second-order valence-electron chi connectivity index (χ2n) is 9.22. The molecule has 0 fully saturated rings. The van der Waals surface area contributed by atoms with Gasteiger partial charge in [0.15, 0.2) is 5.78 Å². The Balaban J connectivity index is 1.16. The number of nitrogens with one attached hydrogen (secondary N) is 3. The number of pyridine rings is 1. The molecule has 3 N–H and O–H groups in total. The Morgan fingerprint density at radius 3 is 2.38 bits per heavy atom. The molecule has 0 radical (unpaired) electrons. The predicted octanol–water partition coefficient (Wildman–Crippen LogP) is 7.39. The highest BCUT2D eigenvalue weighted by atomic mass is 35.5. The number of hydrogen-bond donors (Lipinski definition) is 3. The molecule has 7 nitrogen and oxygen atoms in total. The lowest BCUT2D eigenvalue weighted by atomic mass is 10.0. The minimum Gasteiger partial charge on any atom is -0.385 e. The predicted molar refractivity (Wildman–Crippen MR) is 163 cm³/mol. The average Bonchev–Trinajstić information content (AvgIpc) is 2.98. The van der Waals surface area contributed by atoms with Crippen LogP contribution < -0.4 is 16.0 Å². The van der Waals surface area contributed by atoms with E-state index < -0.39 is 0 Å². The number of nitrogens with zero attached hydrogens (tertiary/aromatic N) is 3. The highest BCUT2D eigenvalue weighted by Crippen LogP contribution is 2.27. The standard InChI is InChI=1S/C32H29ClN6O/c1-22-28(29-15-19-37-32(39-29)38-27-13-6-11-25(33)21-27)14-18-36-31(22)35-17-7-16-34-26-12-5-10-24(20-26)30(40)23-8-3-2-4-9-23/h2-6,8-15,18-21,34H,7,16-17H2,1H3,(H,35,36)(H,37,38,39). The number of benzene rings is 3. The van der Waals surface area contributed by atoms with E-state index in [0.29, 0.717) is 22.1 Å². The maximum atomic E-state index is 12.7. The zero-order chi connectivity index (χ0) is 27.7. The summed E-state index contributed by atoms with van der Waals surface area (Å²) in [5, 5.41) is 10.7. The largest absolute Gasteiger partial charge is 0.385 e. The fraction of sp³-hybridized carbons (Fsp3) is 0.125. The van der Waals surface area contributed by atoms with Crippen molar-refractivity contribution in [1.29, 1.82) is 0 Å². The summed E-state index contributed by atoms with van der Waals surface area (Å²) in [6.07, 6.45) is 4.38. The van der Waals surface area contributed by atoms with Crippen LogP contribution in [0.5, 0.6) is 0 Å². The molecule has 200 valence electrons. The molecular weight excluding hydrogens is 520 g/mol. The van der Waals surface area contributed by atoms with Crippen molar-refractivity contribution in [2.45, 2.75) is 13.3 Å². The van der Waals surface area contributed by atoms with Crippen LogP contribution in [0.3, 0.4) is 0 Å². The van der Waals surface area contributed by atoms with Crippen molar-refractivity contribution in [1.82, 2.24) is 15.0 Å². The lowest BCUT2D eigenvalue weighted by Crippen LogP contribution is -2.11. The Morgan fingerprint density at radius 2 is 1.52 bits per heavy atom. The Morgan fingerprint density at radius 1 is 0.775 bits per heavy atom. The molecule has 5 rings (SSSR count). The number of anilines is 4. The summed E-state index contributed by atoms with van der Waals surface area (Å²) in [7, 11) is 0. The molecule has 8 heteroatoms. The van der Waals surface area contributed by atoms with Gasteiger partial charge in [-0.2, -0.15) is 0 Å². The summed E-state index contributed by atoms with van der Waals surface area (Å²) < 4.78 is 0. The quantitative estimate of drug-likeness (QED) is 0.117. The van der Waals surface area contributed by atoms with Crippen molar-refractivity contribution < 1.29 is 4.79 Å². The highest BCUT2D eigenvalue weighted by molar-refractivity contribution is 6.30. The summed E-state index contributed by atoms with van der Waals surface area (Å²) in [4.78, 5) is 26.3. The maximum Gasteiger partial charge on any atom is 0.227 e. The fourth-order valence-corrected chi connectivity index (χ4v) is 4.50. The minimum atomic E-state index is 0.0170. The van der Waals surface area contributed by atoms with Gasteiger partial charge in [-0.3, -0.25) is 4.79 Å². The van der Waals surface area contributed by atoms with Crippen LogP contribution in [0.4, 0.5) is 23.1 Å². The first-order valence-corrected chi connectivity index (χ1v) is 13.4. The van der Waals surface area contributed by atoms with Gasteiger partial charge in [-0.05, 0) is 55.8 Å². The first kappa shape index (κ1) is 26.8. The van der Waals surface area contributed by atoms with Crippen LogP contribution in [0, 0.1) is 6.92 Å².